The zero-order valence-corrected chi connectivity index (χ0v) is 12.1. The van der Waals surface area contributed by atoms with Crippen molar-refractivity contribution >= 4 is 5.69 Å². The summed E-state index contributed by atoms with van der Waals surface area (Å²) in [4.78, 5) is 0. The highest BCUT2D eigenvalue weighted by Gasteiger charge is 2.18. The molecule has 18 heavy (non-hydrogen) atoms. The molecule has 0 heterocycles. The van der Waals surface area contributed by atoms with Crippen molar-refractivity contribution in [2.45, 2.75) is 52.9 Å². The van der Waals surface area contributed by atoms with Crippen LogP contribution in [-0.2, 0) is 6.42 Å². The van der Waals surface area contributed by atoms with Crippen molar-refractivity contribution in [3.05, 3.63) is 29.3 Å². The molecular weight excluding hydrogens is 218 g/mol. The average molecular weight is 245 g/mol. The molecule has 1 N–H and O–H groups in total. The van der Waals surface area contributed by atoms with E-state index in [9.17, 15) is 0 Å². The molecule has 0 saturated heterocycles. The van der Waals surface area contributed by atoms with Gasteiger partial charge in [-0.15, -0.1) is 0 Å². The van der Waals surface area contributed by atoms with E-state index in [2.05, 4.69) is 44.3 Å². The number of hydrogen-bond acceptors (Lipinski definition) is 1. The summed E-state index contributed by atoms with van der Waals surface area (Å²) in [6.07, 6.45) is 6.76. The number of benzene rings is 1. The fraction of sp³-hybridized carbons (Fsp3) is 0.647. The second-order valence-corrected chi connectivity index (χ2v) is 5.97. The van der Waals surface area contributed by atoms with Gasteiger partial charge < -0.3 is 5.32 Å². The molecule has 0 unspecified atom stereocenters. The molecule has 0 radical (unpaired) electrons. The molecule has 1 aliphatic carbocycles. The Bertz CT molecular complexity index is 375. The lowest BCUT2D eigenvalue weighted by atomic mass is 9.83. The maximum Gasteiger partial charge on any atom is 0.0402 e. The Hall–Kier alpha value is -0.980. The average Bonchev–Trinajstić information content (AvgIpc) is 2.39. The Morgan fingerprint density at radius 2 is 1.89 bits per heavy atom. The van der Waals surface area contributed by atoms with Crippen LogP contribution in [0.25, 0.3) is 0 Å². The van der Waals surface area contributed by atoms with Gasteiger partial charge >= 0.3 is 0 Å². The molecule has 1 aromatic rings. The van der Waals surface area contributed by atoms with Crippen LogP contribution >= 0.6 is 0 Å². The molecule has 1 heteroatoms. The Kier molecular flexibility index (Phi) is 4.68. The molecule has 1 aromatic carbocycles. The summed E-state index contributed by atoms with van der Waals surface area (Å²) >= 11 is 0. The lowest BCUT2D eigenvalue weighted by Crippen LogP contribution is -2.20. The van der Waals surface area contributed by atoms with Gasteiger partial charge in [0.05, 0.1) is 0 Å². The molecule has 0 spiro atoms. The molecule has 1 aliphatic rings. The fourth-order valence-electron chi connectivity index (χ4n) is 3.06. The normalized spacial score (nSPS) is 23.9. The maximum absolute atomic E-state index is 3.72. The van der Waals surface area contributed by atoms with Gasteiger partial charge in [0.1, 0.15) is 0 Å². The van der Waals surface area contributed by atoms with E-state index in [1.807, 2.05) is 0 Å². The third-order valence-electron chi connectivity index (χ3n) is 4.44. The highest BCUT2D eigenvalue weighted by Crippen LogP contribution is 2.29. The number of rotatable bonds is 4. The molecule has 0 aliphatic heterocycles. The lowest BCUT2D eigenvalue weighted by Gasteiger charge is -2.27. The summed E-state index contributed by atoms with van der Waals surface area (Å²) in [6, 6.07) is 6.63. The minimum absolute atomic E-state index is 0.880. The van der Waals surface area contributed by atoms with E-state index in [4.69, 9.17) is 0 Å². The van der Waals surface area contributed by atoms with Crippen LogP contribution in [0.5, 0.6) is 0 Å². The third-order valence-corrected chi connectivity index (χ3v) is 4.44. The first-order chi connectivity index (χ1) is 8.70. The monoisotopic (exact) mass is 245 g/mol. The van der Waals surface area contributed by atoms with Gasteiger partial charge in [0.25, 0.3) is 0 Å². The predicted molar refractivity (Wildman–Crippen MR) is 80.2 cm³/mol. The van der Waals surface area contributed by atoms with Crippen LogP contribution in [0.4, 0.5) is 5.69 Å². The maximum atomic E-state index is 3.72. The zero-order chi connectivity index (χ0) is 13.0. The standard InChI is InChI=1S/C17H27N/c1-4-16-7-5-6-14(3)17(16)18-12-15-10-8-13(2)9-11-15/h5-7,13,15,18H,4,8-12H2,1-3H3. The summed E-state index contributed by atoms with van der Waals surface area (Å²) in [5, 5.41) is 3.72. The van der Waals surface area contributed by atoms with Gasteiger partial charge in [0.15, 0.2) is 0 Å². The number of nitrogens with one attached hydrogen (secondary N) is 1. The van der Waals surface area contributed by atoms with Crippen molar-refractivity contribution in [2.75, 3.05) is 11.9 Å². The highest BCUT2D eigenvalue weighted by molar-refractivity contribution is 5.57. The van der Waals surface area contributed by atoms with Crippen LogP contribution in [0.2, 0.25) is 0 Å². The summed E-state index contributed by atoms with van der Waals surface area (Å²) in [5.41, 5.74) is 4.23. The van der Waals surface area contributed by atoms with Crippen molar-refractivity contribution in [2.24, 2.45) is 11.8 Å². The highest BCUT2D eigenvalue weighted by atomic mass is 14.9. The lowest BCUT2D eigenvalue weighted by molar-refractivity contribution is 0.300. The first-order valence-corrected chi connectivity index (χ1v) is 7.53. The second-order valence-electron chi connectivity index (χ2n) is 5.97. The van der Waals surface area contributed by atoms with E-state index < -0.39 is 0 Å². The summed E-state index contributed by atoms with van der Waals surface area (Å²) in [6.45, 7) is 8.00. The van der Waals surface area contributed by atoms with Crippen LogP contribution in [0.3, 0.4) is 0 Å². The second kappa shape index (κ2) is 6.26. The van der Waals surface area contributed by atoms with Crippen LogP contribution < -0.4 is 5.32 Å². The van der Waals surface area contributed by atoms with Crippen molar-refractivity contribution in [1.29, 1.82) is 0 Å². The quantitative estimate of drug-likeness (QED) is 0.803. The zero-order valence-electron chi connectivity index (χ0n) is 12.1. The van der Waals surface area contributed by atoms with Crippen LogP contribution in [0.15, 0.2) is 18.2 Å². The molecular formula is C17H27N. The van der Waals surface area contributed by atoms with E-state index in [-0.39, 0.29) is 0 Å². The molecule has 1 saturated carbocycles. The van der Waals surface area contributed by atoms with E-state index in [0.29, 0.717) is 0 Å². The van der Waals surface area contributed by atoms with Crippen LogP contribution in [0.1, 0.15) is 50.7 Å². The molecule has 0 aromatic heterocycles. The van der Waals surface area contributed by atoms with E-state index in [1.165, 1.54) is 42.5 Å². The Morgan fingerprint density at radius 3 is 2.56 bits per heavy atom. The largest absolute Gasteiger partial charge is 0.384 e. The minimum Gasteiger partial charge on any atom is -0.384 e. The molecule has 2 rings (SSSR count). The van der Waals surface area contributed by atoms with Crippen LogP contribution in [-0.4, -0.2) is 6.54 Å². The Balaban J connectivity index is 1.93. The van der Waals surface area contributed by atoms with E-state index in [1.54, 1.807) is 0 Å². The molecule has 0 atom stereocenters. The first kappa shape index (κ1) is 13.5. The Morgan fingerprint density at radius 1 is 1.17 bits per heavy atom. The van der Waals surface area contributed by atoms with Crippen molar-refractivity contribution in [3.63, 3.8) is 0 Å². The Labute approximate surface area is 112 Å². The number of anilines is 1. The summed E-state index contributed by atoms with van der Waals surface area (Å²) < 4.78 is 0. The van der Waals surface area contributed by atoms with Gasteiger partial charge in [-0.25, -0.2) is 0 Å². The van der Waals surface area contributed by atoms with E-state index in [0.717, 1.165) is 24.8 Å². The first-order valence-electron chi connectivity index (χ1n) is 7.53. The van der Waals surface area contributed by atoms with Gasteiger partial charge in [-0.2, -0.15) is 0 Å². The molecule has 1 nitrogen and oxygen atoms in total. The van der Waals surface area contributed by atoms with Gasteiger partial charge in [-0.3, -0.25) is 0 Å². The van der Waals surface area contributed by atoms with Crippen molar-refractivity contribution in [3.8, 4) is 0 Å². The molecule has 1 fully saturated rings. The van der Waals surface area contributed by atoms with Crippen LogP contribution in [0, 0.1) is 18.8 Å². The van der Waals surface area contributed by atoms with Crippen molar-refractivity contribution < 1.29 is 0 Å². The number of hydrogen-bond donors (Lipinski definition) is 1. The minimum atomic E-state index is 0.880. The number of para-hydroxylation sites is 1. The van der Waals surface area contributed by atoms with Gasteiger partial charge in [0.2, 0.25) is 0 Å². The predicted octanol–water partition coefficient (Wildman–Crippen LogP) is 4.80. The SMILES string of the molecule is CCc1cccc(C)c1NCC1CCC(C)CC1. The van der Waals surface area contributed by atoms with Gasteiger partial charge in [0, 0.05) is 12.2 Å². The fourth-order valence-corrected chi connectivity index (χ4v) is 3.06. The summed E-state index contributed by atoms with van der Waals surface area (Å²) in [5.74, 6) is 1.83. The van der Waals surface area contributed by atoms with E-state index >= 15 is 0 Å². The summed E-state index contributed by atoms with van der Waals surface area (Å²) in [7, 11) is 0. The van der Waals surface area contributed by atoms with Crippen molar-refractivity contribution in [1.82, 2.24) is 0 Å². The third kappa shape index (κ3) is 3.28. The molecule has 0 bridgehead atoms. The smallest absolute Gasteiger partial charge is 0.0402 e. The van der Waals surface area contributed by atoms with Gasteiger partial charge in [-0.05, 0) is 49.1 Å². The topological polar surface area (TPSA) is 12.0 Å². The van der Waals surface area contributed by atoms with Gasteiger partial charge in [-0.1, -0.05) is 44.9 Å². The number of aryl methyl sites for hydroxylation is 2. The molecule has 0 amide bonds. The molecule has 100 valence electrons.